The zero-order chi connectivity index (χ0) is 14.9. The van der Waals surface area contributed by atoms with Crippen LogP contribution in [-0.2, 0) is 4.74 Å². The molecule has 0 amide bonds. The Morgan fingerprint density at radius 1 is 1.10 bits per heavy atom. The first-order valence-electron chi connectivity index (χ1n) is 9.04. The molecule has 4 fully saturated rings. The predicted molar refractivity (Wildman–Crippen MR) is 85.2 cm³/mol. The van der Waals surface area contributed by atoms with Crippen molar-refractivity contribution < 1.29 is 9.84 Å². The number of nitrogens with one attached hydrogen (secondary N) is 1. The fourth-order valence-electron chi connectivity index (χ4n) is 5.53. The number of rotatable bonds is 8. The van der Waals surface area contributed by atoms with Crippen molar-refractivity contribution in [1.29, 1.82) is 0 Å². The molecule has 3 heteroatoms. The summed E-state index contributed by atoms with van der Waals surface area (Å²) < 4.78 is 5.78. The summed E-state index contributed by atoms with van der Waals surface area (Å²) in [7, 11) is 0. The van der Waals surface area contributed by atoms with E-state index >= 15 is 0 Å². The summed E-state index contributed by atoms with van der Waals surface area (Å²) in [6.07, 6.45) is 9.77. The highest BCUT2D eigenvalue weighted by Crippen LogP contribution is 2.61. The van der Waals surface area contributed by atoms with Gasteiger partial charge in [-0.1, -0.05) is 13.8 Å². The Kier molecular flexibility index (Phi) is 4.92. The van der Waals surface area contributed by atoms with Gasteiger partial charge in [0.15, 0.2) is 0 Å². The van der Waals surface area contributed by atoms with Crippen molar-refractivity contribution in [2.45, 2.75) is 70.9 Å². The molecule has 0 saturated heterocycles. The van der Waals surface area contributed by atoms with Gasteiger partial charge in [-0.3, -0.25) is 0 Å². The molecule has 0 unspecified atom stereocenters. The minimum Gasteiger partial charge on any atom is -0.389 e. The molecule has 4 saturated carbocycles. The summed E-state index contributed by atoms with van der Waals surface area (Å²) in [6.45, 7) is 6.15. The number of hydrogen-bond donors (Lipinski definition) is 2. The van der Waals surface area contributed by atoms with Gasteiger partial charge in [0.2, 0.25) is 0 Å². The van der Waals surface area contributed by atoms with E-state index in [2.05, 4.69) is 19.2 Å². The quantitative estimate of drug-likeness (QED) is 0.677. The van der Waals surface area contributed by atoms with E-state index in [1.165, 1.54) is 44.9 Å². The lowest BCUT2D eigenvalue weighted by atomic mass is 9.49. The van der Waals surface area contributed by atoms with Gasteiger partial charge in [-0.25, -0.2) is 0 Å². The summed E-state index contributed by atoms with van der Waals surface area (Å²) in [5.41, 5.74) is 0.607. The van der Waals surface area contributed by atoms with E-state index in [1.807, 2.05) is 0 Å². The first kappa shape index (κ1) is 15.8. The molecule has 0 aliphatic heterocycles. The SMILES string of the molecule is CC(C)NC[C@@H](O)COCCC12CC3CC(CC(C3)C1)C2. The maximum atomic E-state index is 9.87. The van der Waals surface area contributed by atoms with Crippen LogP contribution in [0, 0.1) is 23.2 Å². The lowest BCUT2D eigenvalue weighted by Crippen LogP contribution is -2.46. The average molecular weight is 295 g/mol. The molecule has 0 heterocycles. The summed E-state index contributed by atoms with van der Waals surface area (Å²) in [6, 6.07) is 0.423. The van der Waals surface area contributed by atoms with Gasteiger partial charge in [0.05, 0.1) is 12.7 Å². The first-order valence-corrected chi connectivity index (χ1v) is 9.04. The Labute approximate surface area is 129 Å². The monoisotopic (exact) mass is 295 g/mol. The van der Waals surface area contributed by atoms with E-state index in [4.69, 9.17) is 4.74 Å². The Balaban J connectivity index is 1.36. The van der Waals surface area contributed by atoms with E-state index in [1.54, 1.807) is 0 Å². The van der Waals surface area contributed by atoms with Crippen LogP contribution in [0.1, 0.15) is 58.8 Å². The maximum Gasteiger partial charge on any atom is 0.0897 e. The Bertz CT molecular complexity index is 307. The third kappa shape index (κ3) is 4.00. The van der Waals surface area contributed by atoms with Gasteiger partial charge < -0.3 is 15.2 Å². The van der Waals surface area contributed by atoms with Crippen LogP contribution < -0.4 is 5.32 Å². The van der Waals surface area contributed by atoms with E-state index in [-0.39, 0.29) is 6.10 Å². The van der Waals surface area contributed by atoms with E-state index in [9.17, 15) is 5.11 Å². The average Bonchev–Trinajstić information content (AvgIpc) is 2.40. The van der Waals surface area contributed by atoms with Gasteiger partial charge in [0.25, 0.3) is 0 Å². The summed E-state index contributed by atoms with van der Waals surface area (Å²) in [5, 5.41) is 13.1. The van der Waals surface area contributed by atoms with Crippen molar-refractivity contribution in [3.05, 3.63) is 0 Å². The fraction of sp³-hybridized carbons (Fsp3) is 1.00. The predicted octanol–water partition coefficient (Wildman–Crippen LogP) is 2.97. The molecule has 0 aromatic rings. The molecule has 1 atom stereocenters. The molecule has 0 aromatic heterocycles. The molecule has 4 rings (SSSR count). The number of hydrogen-bond acceptors (Lipinski definition) is 3. The summed E-state index contributed by atoms with van der Waals surface area (Å²) in [4.78, 5) is 0. The molecule has 122 valence electrons. The summed E-state index contributed by atoms with van der Waals surface area (Å²) in [5.74, 6) is 3.08. The molecule has 4 aliphatic rings. The third-order valence-corrected chi connectivity index (χ3v) is 6.01. The van der Waals surface area contributed by atoms with Gasteiger partial charge >= 0.3 is 0 Å². The Morgan fingerprint density at radius 3 is 2.19 bits per heavy atom. The smallest absolute Gasteiger partial charge is 0.0897 e. The van der Waals surface area contributed by atoms with Crippen molar-refractivity contribution in [2.24, 2.45) is 23.2 Å². The molecule has 21 heavy (non-hydrogen) atoms. The molecule has 0 spiro atoms. The zero-order valence-corrected chi connectivity index (χ0v) is 13.8. The van der Waals surface area contributed by atoms with Gasteiger partial charge in [-0.15, -0.1) is 0 Å². The van der Waals surface area contributed by atoms with Crippen molar-refractivity contribution in [3.8, 4) is 0 Å². The second kappa shape index (κ2) is 6.55. The zero-order valence-electron chi connectivity index (χ0n) is 13.8. The molecule has 0 aromatic carbocycles. The second-order valence-corrected chi connectivity index (χ2v) is 8.46. The first-order chi connectivity index (χ1) is 10.0. The van der Waals surface area contributed by atoms with Crippen LogP contribution in [0.3, 0.4) is 0 Å². The van der Waals surface area contributed by atoms with Gasteiger partial charge in [-0.2, -0.15) is 0 Å². The topological polar surface area (TPSA) is 41.5 Å². The van der Waals surface area contributed by atoms with Gasteiger partial charge in [0, 0.05) is 19.2 Å². The molecular weight excluding hydrogens is 262 g/mol. The fourth-order valence-corrected chi connectivity index (χ4v) is 5.53. The molecule has 0 radical (unpaired) electrons. The van der Waals surface area contributed by atoms with Crippen molar-refractivity contribution >= 4 is 0 Å². The largest absolute Gasteiger partial charge is 0.389 e. The van der Waals surface area contributed by atoms with Gasteiger partial charge in [0.1, 0.15) is 0 Å². The van der Waals surface area contributed by atoms with Crippen molar-refractivity contribution in [3.63, 3.8) is 0 Å². The molecule has 4 aliphatic carbocycles. The van der Waals surface area contributed by atoms with Crippen LogP contribution in [0.4, 0.5) is 0 Å². The highest BCUT2D eigenvalue weighted by atomic mass is 16.5. The Hall–Kier alpha value is -0.120. The Morgan fingerprint density at radius 2 is 1.67 bits per heavy atom. The van der Waals surface area contributed by atoms with Crippen molar-refractivity contribution in [2.75, 3.05) is 19.8 Å². The molecule has 4 bridgehead atoms. The minimum atomic E-state index is -0.372. The van der Waals surface area contributed by atoms with Crippen molar-refractivity contribution in [1.82, 2.24) is 5.32 Å². The summed E-state index contributed by atoms with van der Waals surface area (Å²) >= 11 is 0. The van der Waals surface area contributed by atoms with E-state index in [0.717, 1.165) is 24.4 Å². The highest BCUT2D eigenvalue weighted by molar-refractivity contribution is 5.01. The number of aliphatic hydroxyl groups is 1. The molecular formula is C18H33NO2. The lowest BCUT2D eigenvalue weighted by Gasteiger charge is -2.57. The minimum absolute atomic E-state index is 0.372. The van der Waals surface area contributed by atoms with Gasteiger partial charge in [-0.05, 0) is 68.1 Å². The van der Waals surface area contributed by atoms with Crippen LogP contribution in [0.5, 0.6) is 0 Å². The second-order valence-electron chi connectivity index (χ2n) is 8.46. The van der Waals surface area contributed by atoms with E-state index in [0.29, 0.717) is 24.6 Å². The normalized spacial score (nSPS) is 39.1. The van der Waals surface area contributed by atoms with E-state index < -0.39 is 0 Å². The third-order valence-electron chi connectivity index (χ3n) is 6.01. The van der Waals surface area contributed by atoms with Crippen LogP contribution >= 0.6 is 0 Å². The highest BCUT2D eigenvalue weighted by Gasteiger charge is 2.50. The molecule has 3 nitrogen and oxygen atoms in total. The van der Waals surface area contributed by atoms with Crippen LogP contribution in [0.2, 0.25) is 0 Å². The standard InChI is InChI=1S/C18H33NO2/c1-13(2)19-11-17(20)12-21-4-3-18-8-14-5-15(9-18)7-16(6-14)10-18/h13-17,19-20H,3-12H2,1-2H3/t14?,15?,16?,17-,18?/m1/s1. The van der Waals surface area contributed by atoms with Crippen LogP contribution in [-0.4, -0.2) is 37.0 Å². The number of ether oxygens (including phenoxy) is 1. The molecule has 2 N–H and O–H groups in total. The van der Waals surface area contributed by atoms with Crippen LogP contribution in [0.25, 0.3) is 0 Å². The lowest BCUT2D eigenvalue weighted by molar-refractivity contribution is -0.0730. The maximum absolute atomic E-state index is 9.87. The van der Waals surface area contributed by atoms with Crippen LogP contribution in [0.15, 0.2) is 0 Å². The number of aliphatic hydroxyl groups excluding tert-OH is 1.